The molecule has 1 aliphatic rings. The van der Waals surface area contributed by atoms with Crippen LogP contribution in [0.1, 0.15) is 31.2 Å². The van der Waals surface area contributed by atoms with Crippen LogP contribution in [0.15, 0.2) is 24.3 Å². The Kier molecular flexibility index (Phi) is 6.26. The van der Waals surface area contributed by atoms with E-state index in [0.29, 0.717) is 38.8 Å². The molecule has 1 aromatic carbocycles. The molecule has 1 aliphatic carbocycles. The summed E-state index contributed by atoms with van der Waals surface area (Å²) in [6.07, 6.45) is 2.67. The largest absolute Gasteiger partial charge is 0.492 e. The topological polar surface area (TPSA) is 87.7 Å². The third-order valence-electron chi connectivity index (χ3n) is 4.06. The molecule has 3 N–H and O–H groups in total. The molecular formula is C17H24N2O4. The van der Waals surface area contributed by atoms with Crippen molar-refractivity contribution in [2.45, 2.75) is 38.6 Å². The molecule has 23 heavy (non-hydrogen) atoms. The molecule has 126 valence electrons. The number of aliphatic carboxylic acids is 1. The van der Waals surface area contributed by atoms with Crippen LogP contribution in [-0.4, -0.2) is 36.3 Å². The number of hydrogen-bond acceptors (Lipinski definition) is 3. The number of ether oxygens (including phenoxy) is 1. The third kappa shape index (κ3) is 5.81. The van der Waals surface area contributed by atoms with E-state index in [1.54, 1.807) is 0 Å². The Balaban J connectivity index is 1.59. The van der Waals surface area contributed by atoms with E-state index < -0.39 is 5.97 Å². The van der Waals surface area contributed by atoms with Crippen molar-refractivity contribution >= 4 is 12.0 Å². The Hall–Kier alpha value is -2.24. The van der Waals surface area contributed by atoms with E-state index in [0.717, 1.165) is 11.3 Å². The second-order valence-corrected chi connectivity index (χ2v) is 5.95. The van der Waals surface area contributed by atoms with Crippen LogP contribution in [0.2, 0.25) is 0 Å². The van der Waals surface area contributed by atoms with Gasteiger partial charge in [0.25, 0.3) is 0 Å². The van der Waals surface area contributed by atoms with Crippen LogP contribution in [-0.2, 0) is 4.79 Å². The van der Waals surface area contributed by atoms with E-state index in [1.807, 2.05) is 31.2 Å². The lowest BCUT2D eigenvalue weighted by Crippen LogP contribution is -2.45. The molecule has 6 heteroatoms. The molecule has 0 saturated heterocycles. The van der Waals surface area contributed by atoms with Gasteiger partial charge in [-0.2, -0.15) is 0 Å². The van der Waals surface area contributed by atoms with Gasteiger partial charge < -0.3 is 20.5 Å². The zero-order chi connectivity index (χ0) is 16.7. The Morgan fingerprint density at radius 1 is 1.26 bits per heavy atom. The molecular weight excluding hydrogens is 296 g/mol. The first-order chi connectivity index (χ1) is 11.0. The highest BCUT2D eigenvalue weighted by molar-refractivity contribution is 5.74. The molecule has 2 rings (SSSR count). The number of benzene rings is 1. The van der Waals surface area contributed by atoms with Gasteiger partial charge in [0.05, 0.1) is 12.5 Å². The maximum Gasteiger partial charge on any atom is 0.315 e. The summed E-state index contributed by atoms with van der Waals surface area (Å²) >= 11 is 0. The van der Waals surface area contributed by atoms with Gasteiger partial charge in [-0.1, -0.05) is 12.1 Å². The molecule has 0 bridgehead atoms. The van der Waals surface area contributed by atoms with Gasteiger partial charge in [0.15, 0.2) is 0 Å². The van der Waals surface area contributed by atoms with Crippen molar-refractivity contribution in [3.05, 3.63) is 29.8 Å². The number of aryl methyl sites for hydroxylation is 1. The van der Waals surface area contributed by atoms with Gasteiger partial charge in [-0.15, -0.1) is 0 Å². The van der Waals surface area contributed by atoms with E-state index in [2.05, 4.69) is 10.6 Å². The molecule has 0 unspecified atom stereocenters. The Labute approximate surface area is 136 Å². The predicted octanol–water partition coefficient (Wildman–Crippen LogP) is 2.32. The lowest BCUT2D eigenvalue weighted by molar-refractivity contribution is -0.142. The van der Waals surface area contributed by atoms with Crippen LogP contribution < -0.4 is 15.4 Å². The molecule has 0 radical (unpaired) electrons. The quantitative estimate of drug-likeness (QED) is 0.702. The van der Waals surface area contributed by atoms with Crippen molar-refractivity contribution in [2.75, 3.05) is 13.2 Å². The van der Waals surface area contributed by atoms with Crippen molar-refractivity contribution in [3.63, 3.8) is 0 Å². The van der Waals surface area contributed by atoms with Gasteiger partial charge in [-0.05, 0) is 50.3 Å². The van der Waals surface area contributed by atoms with Crippen LogP contribution in [0.25, 0.3) is 0 Å². The summed E-state index contributed by atoms with van der Waals surface area (Å²) in [5.74, 6) is -0.209. The maximum absolute atomic E-state index is 11.8. The van der Waals surface area contributed by atoms with Crippen LogP contribution in [0.4, 0.5) is 4.79 Å². The summed E-state index contributed by atoms with van der Waals surface area (Å²) in [6, 6.07) is 7.59. The number of carboxylic acid groups (broad SMARTS) is 1. The molecule has 1 aromatic rings. The molecule has 1 saturated carbocycles. The number of carbonyl (C=O) groups excluding carboxylic acids is 1. The SMILES string of the molecule is Cc1cccc(OCCNC(=O)NC2CCC(C(=O)O)CC2)c1. The number of hydrogen-bond donors (Lipinski definition) is 3. The van der Waals surface area contributed by atoms with E-state index in [-0.39, 0.29) is 18.0 Å². The number of carbonyl (C=O) groups is 2. The monoisotopic (exact) mass is 320 g/mol. The van der Waals surface area contributed by atoms with Crippen molar-refractivity contribution in [2.24, 2.45) is 5.92 Å². The van der Waals surface area contributed by atoms with Crippen molar-refractivity contribution < 1.29 is 19.4 Å². The fraction of sp³-hybridized carbons (Fsp3) is 0.529. The highest BCUT2D eigenvalue weighted by Crippen LogP contribution is 2.24. The van der Waals surface area contributed by atoms with Gasteiger partial charge in [-0.3, -0.25) is 4.79 Å². The van der Waals surface area contributed by atoms with Gasteiger partial charge in [-0.25, -0.2) is 4.79 Å². The van der Waals surface area contributed by atoms with Gasteiger partial charge in [0.2, 0.25) is 0 Å². The predicted molar refractivity (Wildman–Crippen MR) is 86.6 cm³/mol. The van der Waals surface area contributed by atoms with Crippen molar-refractivity contribution in [3.8, 4) is 5.75 Å². The molecule has 1 fully saturated rings. The standard InChI is InChI=1S/C17H24N2O4/c1-12-3-2-4-15(11-12)23-10-9-18-17(22)19-14-7-5-13(6-8-14)16(20)21/h2-4,11,13-14H,5-10H2,1H3,(H,20,21)(H2,18,19,22). The smallest absolute Gasteiger partial charge is 0.315 e. The first-order valence-electron chi connectivity index (χ1n) is 8.01. The average Bonchev–Trinajstić information content (AvgIpc) is 2.52. The molecule has 0 heterocycles. The number of urea groups is 1. The van der Waals surface area contributed by atoms with Crippen molar-refractivity contribution in [1.29, 1.82) is 0 Å². The van der Waals surface area contributed by atoms with E-state index in [4.69, 9.17) is 9.84 Å². The van der Waals surface area contributed by atoms with Crippen LogP contribution in [0.3, 0.4) is 0 Å². The number of amides is 2. The summed E-state index contributed by atoms with van der Waals surface area (Å²) in [5.41, 5.74) is 1.13. The summed E-state index contributed by atoms with van der Waals surface area (Å²) in [6.45, 7) is 2.82. The highest BCUT2D eigenvalue weighted by atomic mass is 16.5. The molecule has 0 aliphatic heterocycles. The first-order valence-corrected chi connectivity index (χ1v) is 8.01. The lowest BCUT2D eigenvalue weighted by Gasteiger charge is -2.26. The fourth-order valence-electron chi connectivity index (χ4n) is 2.76. The average molecular weight is 320 g/mol. The summed E-state index contributed by atoms with van der Waals surface area (Å²) < 4.78 is 5.56. The zero-order valence-corrected chi connectivity index (χ0v) is 13.4. The van der Waals surface area contributed by atoms with Crippen molar-refractivity contribution in [1.82, 2.24) is 10.6 Å². The lowest BCUT2D eigenvalue weighted by atomic mass is 9.86. The van der Waals surface area contributed by atoms with E-state index in [1.165, 1.54) is 0 Å². The number of rotatable bonds is 6. The Morgan fingerprint density at radius 3 is 2.65 bits per heavy atom. The number of nitrogens with one attached hydrogen (secondary N) is 2. The Bertz CT molecular complexity index is 539. The first kappa shape index (κ1) is 17.1. The second-order valence-electron chi connectivity index (χ2n) is 5.95. The van der Waals surface area contributed by atoms with Crippen LogP contribution in [0.5, 0.6) is 5.75 Å². The maximum atomic E-state index is 11.8. The van der Waals surface area contributed by atoms with Gasteiger partial charge in [0, 0.05) is 6.04 Å². The summed E-state index contributed by atoms with van der Waals surface area (Å²) in [7, 11) is 0. The number of carboxylic acids is 1. The minimum absolute atomic E-state index is 0.0586. The normalized spacial score (nSPS) is 20.6. The molecule has 0 aromatic heterocycles. The van der Waals surface area contributed by atoms with Crippen LogP contribution in [0, 0.1) is 12.8 Å². The molecule has 0 spiro atoms. The Morgan fingerprint density at radius 2 is 2.00 bits per heavy atom. The third-order valence-corrected chi connectivity index (χ3v) is 4.06. The van der Waals surface area contributed by atoms with E-state index in [9.17, 15) is 9.59 Å². The minimum Gasteiger partial charge on any atom is -0.492 e. The highest BCUT2D eigenvalue weighted by Gasteiger charge is 2.26. The molecule has 6 nitrogen and oxygen atoms in total. The van der Waals surface area contributed by atoms with E-state index >= 15 is 0 Å². The zero-order valence-electron chi connectivity index (χ0n) is 13.4. The second kappa shape index (κ2) is 8.41. The summed E-state index contributed by atoms with van der Waals surface area (Å²) in [5, 5.41) is 14.6. The molecule has 2 amide bonds. The minimum atomic E-state index is -0.735. The molecule has 0 atom stereocenters. The fourth-order valence-corrected chi connectivity index (χ4v) is 2.76. The van der Waals surface area contributed by atoms with Crippen LogP contribution >= 0.6 is 0 Å². The van der Waals surface area contributed by atoms with Gasteiger partial charge in [0.1, 0.15) is 12.4 Å². The van der Waals surface area contributed by atoms with Gasteiger partial charge >= 0.3 is 12.0 Å². The summed E-state index contributed by atoms with van der Waals surface area (Å²) in [4.78, 5) is 22.7.